The van der Waals surface area contributed by atoms with Crippen molar-refractivity contribution in [1.29, 1.82) is 0 Å². The first-order chi connectivity index (χ1) is 10.4. The van der Waals surface area contributed by atoms with Crippen molar-refractivity contribution in [3.05, 3.63) is 28.8 Å². The van der Waals surface area contributed by atoms with Crippen molar-refractivity contribution in [1.82, 2.24) is 4.90 Å². The molecule has 22 heavy (non-hydrogen) atoms. The number of ether oxygens (including phenoxy) is 2. The SMILES string of the molecule is CC1CN(C(=O)COC(=O)c2ccc(Cl)cc2N)CC(C)O1. The van der Waals surface area contributed by atoms with Crippen LogP contribution < -0.4 is 5.73 Å². The molecule has 0 spiro atoms. The number of benzene rings is 1. The molecule has 2 atom stereocenters. The molecule has 120 valence electrons. The summed E-state index contributed by atoms with van der Waals surface area (Å²) in [6.07, 6.45) is -0.0642. The van der Waals surface area contributed by atoms with Crippen LogP contribution in [0.1, 0.15) is 24.2 Å². The minimum absolute atomic E-state index is 0.0321. The maximum Gasteiger partial charge on any atom is 0.340 e. The van der Waals surface area contributed by atoms with Gasteiger partial charge in [-0.15, -0.1) is 0 Å². The van der Waals surface area contributed by atoms with Crippen LogP contribution in [0.4, 0.5) is 5.69 Å². The Balaban J connectivity index is 1.91. The van der Waals surface area contributed by atoms with Gasteiger partial charge in [-0.1, -0.05) is 11.6 Å². The van der Waals surface area contributed by atoms with Crippen molar-refractivity contribution in [3.63, 3.8) is 0 Å². The Morgan fingerprint density at radius 1 is 1.36 bits per heavy atom. The molecule has 1 saturated heterocycles. The van der Waals surface area contributed by atoms with Crippen molar-refractivity contribution in [2.24, 2.45) is 0 Å². The largest absolute Gasteiger partial charge is 0.452 e. The normalized spacial score (nSPS) is 21.5. The summed E-state index contributed by atoms with van der Waals surface area (Å²) in [7, 11) is 0. The van der Waals surface area contributed by atoms with Crippen LogP contribution in [0.3, 0.4) is 0 Å². The number of amides is 1. The molecule has 2 unspecified atom stereocenters. The topological polar surface area (TPSA) is 81.9 Å². The van der Waals surface area contributed by atoms with Crippen LogP contribution >= 0.6 is 11.6 Å². The van der Waals surface area contributed by atoms with E-state index in [-0.39, 0.29) is 36.0 Å². The van der Waals surface area contributed by atoms with Crippen molar-refractivity contribution in [2.45, 2.75) is 26.1 Å². The molecule has 2 rings (SSSR count). The van der Waals surface area contributed by atoms with Gasteiger partial charge in [0.1, 0.15) is 0 Å². The highest BCUT2D eigenvalue weighted by molar-refractivity contribution is 6.31. The quantitative estimate of drug-likeness (QED) is 0.675. The zero-order chi connectivity index (χ0) is 16.3. The van der Waals surface area contributed by atoms with Gasteiger partial charge in [-0.2, -0.15) is 0 Å². The first-order valence-electron chi connectivity index (χ1n) is 7.02. The number of nitrogens with two attached hydrogens (primary N) is 1. The minimum atomic E-state index is -0.642. The van der Waals surface area contributed by atoms with E-state index in [1.54, 1.807) is 11.0 Å². The fourth-order valence-corrected chi connectivity index (χ4v) is 2.58. The average molecular weight is 327 g/mol. The second-order valence-electron chi connectivity index (χ2n) is 5.36. The fraction of sp³-hybridized carbons (Fsp3) is 0.467. The molecule has 0 saturated carbocycles. The van der Waals surface area contributed by atoms with Gasteiger partial charge in [0, 0.05) is 23.8 Å². The second-order valence-corrected chi connectivity index (χ2v) is 5.80. The number of hydrogen-bond acceptors (Lipinski definition) is 5. The molecule has 1 aromatic carbocycles. The molecule has 1 aliphatic rings. The Labute approximate surface area is 134 Å². The number of halogens is 1. The van der Waals surface area contributed by atoms with Gasteiger partial charge in [-0.3, -0.25) is 4.79 Å². The number of carbonyl (C=O) groups is 2. The number of morpholine rings is 1. The number of hydrogen-bond donors (Lipinski definition) is 1. The van der Waals surface area contributed by atoms with Crippen molar-refractivity contribution in [2.75, 3.05) is 25.4 Å². The summed E-state index contributed by atoms with van der Waals surface area (Å²) in [5.41, 5.74) is 6.13. The molecular formula is C15H19ClN2O4. The third-order valence-corrected chi connectivity index (χ3v) is 3.57. The molecular weight excluding hydrogens is 308 g/mol. The van der Waals surface area contributed by atoms with Crippen LogP contribution in [-0.4, -0.2) is 48.7 Å². The van der Waals surface area contributed by atoms with E-state index < -0.39 is 5.97 Å². The van der Waals surface area contributed by atoms with E-state index in [4.69, 9.17) is 26.8 Å². The van der Waals surface area contributed by atoms with Crippen LogP contribution in [0.25, 0.3) is 0 Å². The van der Waals surface area contributed by atoms with Gasteiger partial charge >= 0.3 is 5.97 Å². The molecule has 1 amide bonds. The lowest BCUT2D eigenvalue weighted by atomic mass is 10.2. The average Bonchev–Trinajstić information content (AvgIpc) is 2.43. The van der Waals surface area contributed by atoms with Crippen LogP contribution in [0, 0.1) is 0 Å². The predicted octanol–water partition coefficient (Wildman–Crippen LogP) is 1.71. The summed E-state index contributed by atoms with van der Waals surface area (Å²) >= 11 is 5.77. The summed E-state index contributed by atoms with van der Waals surface area (Å²) in [5, 5.41) is 0.432. The molecule has 1 fully saturated rings. The smallest absolute Gasteiger partial charge is 0.340 e. The number of esters is 1. The van der Waals surface area contributed by atoms with Crippen LogP contribution in [0.15, 0.2) is 18.2 Å². The van der Waals surface area contributed by atoms with E-state index >= 15 is 0 Å². The summed E-state index contributed by atoms with van der Waals surface area (Å²) in [5.74, 6) is -0.889. The monoisotopic (exact) mass is 326 g/mol. The number of rotatable bonds is 3. The summed E-state index contributed by atoms with van der Waals surface area (Å²) in [6, 6.07) is 4.48. The van der Waals surface area contributed by atoms with Gasteiger partial charge < -0.3 is 20.1 Å². The number of carbonyl (C=O) groups excluding carboxylic acids is 2. The highest BCUT2D eigenvalue weighted by Crippen LogP contribution is 2.19. The molecule has 7 heteroatoms. The zero-order valence-electron chi connectivity index (χ0n) is 12.5. The molecule has 2 N–H and O–H groups in total. The van der Waals surface area contributed by atoms with Crippen molar-refractivity contribution < 1.29 is 19.1 Å². The molecule has 1 aromatic rings. The molecule has 0 bridgehead atoms. The van der Waals surface area contributed by atoms with Gasteiger partial charge in [-0.25, -0.2) is 4.79 Å². The Bertz CT molecular complexity index is 569. The summed E-state index contributed by atoms with van der Waals surface area (Å²) in [4.78, 5) is 25.7. The third-order valence-electron chi connectivity index (χ3n) is 3.33. The standard InChI is InChI=1S/C15H19ClN2O4/c1-9-6-18(7-10(2)22-9)14(19)8-21-15(20)12-4-3-11(16)5-13(12)17/h3-5,9-10H,6-8,17H2,1-2H3. The highest BCUT2D eigenvalue weighted by Gasteiger charge is 2.26. The first kappa shape index (κ1) is 16.6. The van der Waals surface area contributed by atoms with Crippen molar-refractivity contribution >= 4 is 29.2 Å². The van der Waals surface area contributed by atoms with Gasteiger partial charge in [0.25, 0.3) is 5.91 Å². The van der Waals surface area contributed by atoms with Crippen LogP contribution in [-0.2, 0) is 14.3 Å². The van der Waals surface area contributed by atoms with Gasteiger partial charge in [0.2, 0.25) is 0 Å². The van der Waals surface area contributed by atoms with Gasteiger partial charge in [0.15, 0.2) is 6.61 Å². The van der Waals surface area contributed by atoms with E-state index in [2.05, 4.69) is 0 Å². The van der Waals surface area contributed by atoms with Gasteiger partial charge in [-0.05, 0) is 32.0 Å². The molecule has 1 heterocycles. The predicted molar refractivity (Wildman–Crippen MR) is 82.7 cm³/mol. The second kappa shape index (κ2) is 6.98. The maximum atomic E-state index is 12.1. The van der Waals surface area contributed by atoms with Gasteiger partial charge in [0.05, 0.1) is 17.8 Å². The number of anilines is 1. The highest BCUT2D eigenvalue weighted by atomic mass is 35.5. The third kappa shape index (κ3) is 4.11. The molecule has 0 radical (unpaired) electrons. The minimum Gasteiger partial charge on any atom is -0.452 e. The Morgan fingerprint density at radius 2 is 2.00 bits per heavy atom. The molecule has 0 aliphatic carbocycles. The summed E-state index contributed by atoms with van der Waals surface area (Å²) < 4.78 is 10.6. The zero-order valence-corrected chi connectivity index (χ0v) is 13.3. The van der Waals surface area contributed by atoms with Crippen LogP contribution in [0.2, 0.25) is 5.02 Å². The first-order valence-corrected chi connectivity index (χ1v) is 7.40. The number of nitrogen functional groups attached to an aromatic ring is 1. The van der Waals surface area contributed by atoms with E-state index in [9.17, 15) is 9.59 Å². The molecule has 6 nitrogen and oxygen atoms in total. The number of nitrogens with zero attached hydrogens (tertiary/aromatic N) is 1. The lowest BCUT2D eigenvalue weighted by molar-refractivity contribution is -0.146. The fourth-order valence-electron chi connectivity index (χ4n) is 2.40. The van der Waals surface area contributed by atoms with Crippen molar-refractivity contribution in [3.8, 4) is 0 Å². The van der Waals surface area contributed by atoms with E-state index in [0.717, 1.165) is 0 Å². The molecule has 0 aromatic heterocycles. The van der Waals surface area contributed by atoms with E-state index in [0.29, 0.717) is 18.1 Å². The maximum absolute atomic E-state index is 12.1. The lowest BCUT2D eigenvalue weighted by Gasteiger charge is -2.35. The Morgan fingerprint density at radius 3 is 2.59 bits per heavy atom. The Kier molecular flexibility index (Phi) is 5.26. The lowest BCUT2D eigenvalue weighted by Crippen LogP contribution is -2.49. The summed E-state index contributed by atoms with van der Waals surface area (Å²) in [6.45, 7) is 4.46. The Hall–Kier alpha value is -1.79. The van der Waals surface area contributed by atoms with E-state index in [1.807, 2.05) is 13.8 Å². The van der Waals surface area contributed by atoms with Crippen LogP contribution in [0.5, 0.6) is 0 Å². The van der Waals surface area contributed by atoms with E-state index in [1.165, 1.54) is 12.1 Å². The molecule has 1 aliphatic heterocycles.